The van der Waals surface area contributed by atoms with Gasteiger partial charge >= 0.3 is 5.69 Å². The maximum absolute atomic E-state index is 13.4. The van der Waals surface area contributed by atoms with E-state index < -0.39 is 17.1 Å². The van der Waals surface area contributed by atoms with Crippen molar-refractivity contribution in [2.75, 3.05) is 11.1 Å². The first kappa shape index (κ1) is 22.4. The number of rotatable bonds is 5. The molecule has 0 unspecified atom stereocenters. The van der Waals surface area contributed by atoms with Crippen LogP contribution in [0.2, 0.25) is 0 Å². The van der Waals surface area contributed by atoms with Crippen LogP contribution in [-0.2, 0) is 18.9 Å². The zero-order chi connectivity index (χ0) is 23.7. The number of aryl methyl sites for hydroxylation is 2. The number of halogens is 1. The monoisotopic (exact) mass is 465 g/mol. The summed E-state index contributed by atoms with van der Waals surface area (Å²) < 4.78 is 15.6. The summed E-state index contributed by atoms with van der Waals surface area (Å²) >= 11 is 1.06. The summed E-state index contributed by atoms with van der Waals surface area (Å²) in [6, 6.07) is 12.9. The molecule has 0 saturated heterocycles. The fourth-order valence-electron chi connectivity index (χ4n) is 3.23. The quantitative estimate of drug-likeness (QED) is 0.360. The van der Waals surface area contributed by atoms with Crippen LogP contribution in [-0.4, -0.2) is 30.8 Å². The smallest absolute Gasteiger partial charge is 0.325 e. The molecule has 0 aliphatic carbocycles. The number of thioether (sulfide) groups is 1. The first-order chi connectivity index (χ1) is 15.7. The van der Waals surface area contributed by atoms with Gasteiger partial charge in [0.05, 0.1) is 5.75 Å². The average Bonchev–Trinajstić information content (AvgIpc) is 2.81. The highest BCUT2D eigenvalue weighted by atomic mass is 32.2. The van der Waals surface area contributed by atoms with Gasteiger partial charge in [0.1, 0.15) is 16.2 Å². The predicted octanol–water partition coefficient (Wildman–Crippen LogP) is 2.87. The van der Waals surface area contributed by atoms with Crippen molar-refractivity contribution in [2.24, 2.45) is 14.1 Å². The van der Waals surface area contributed by atoms with Gasteiger partial charge in [0, 0.05) is 25.3 Å². The summed E-state index contributed by atoms with van der Waals surface area (Å²) in [7, 11) is 2.88. The van der Waals surface area contributed by atoms with Crippen molar-refractivity contribution in [1.82, 2.24) is 19.1 Å². The summed E-state index contributed by atoms with van der Waals surface area (Å²) in [6.07, 6.45) is 0. The Kier molecular flexibility index (Phi) is 6.10. The van der Waals surface area contributed by atoms with E-state index in [2.05, 4.69) is 15.3 Å². The molecule has 10 heteroatoms. The van der Waals surface area contributed by atoms with Gasteiger partial charge in [-0.2, -0.15) is 0 Å². The summed E-state index contributed by atoms with van der Waals surface area (Å²) in [4.78, 5) is 46.7. The van der Waals surface area contributed by atoms with Crippen molar-refractivity contribution in [3.05, 3.63) is 80.7 Å². The Hall–Kier alpha value is -3.79. The van der Waals surface area contributed by atoms with Crippen LogP contribution >= 0.6 is 11.8 Å². The summed E-state index contributed by atoms with van der Waals surface area (Å²) in [5.74, 6) is -0.495. The zero-order valence-electron chi connectivity index (χ0n) is 18.1. The number of aromatic nitrogens is 4. The fourth-order valence-corrected chi connectivity index (χ4v) is 4.04. The lowest BCUT2D eigenvalue weighted by molar-refractivity contribution is -0.113. The largest absolute Gasteiger partial charge is 0.332 e. The molecule has 0 saturated carbocycles. The highest BCUT2D eigenvalue weighted by Crippen LogP contribution is 2.26. The molecule has 1 amide bonds. The number of carbonyl (C=O) groups excluding carboxylic acids is 1. The van der Waals surface area contributed by atoms with Crippen LogP contribution < -0.4 is 16.6 Å². The van der Waals surface area contributed by atoms with E-state index in [9.17, 15) is 18.8 Å². The van der Waals surface area contributed by atoms with Gasteiger partial charge in [0.25, 0.3) is 5.56 Å². The zero-order valence-corrected chi connectivity index (χ0v) is 18.9. The normalized spacial score (nSPS) is 11.0. The van der Waals surface area contributed by atoms with Crippen molar-refractivity contribution in [2.45, 2.75) is 11.9 Å². The van der Waals surface area contributed by atoms with Crippen molar-refractivity contribution in [3.63, 3.8) is 0 Å². The van der Waals surface area contributed by atoms with E-state index in [-0.39, 0.29) is 33.5 Å². The Balaban J connectivity index is 1.75. The summed E-state index contributed by atoms with van der Waals surface area (Å²) in [5, 5.41) is 3.20. The molecule has 2 aromatic carbocycles. The molecule has 0 fully saturated rings. The number of hydrogen-bond donors (Lipinski definition) is 1. The number of amides is 1. The maximum atomic E-state index is 13.4. The molecule has 2 heterocycles. The van der Waals surface area contributed by atoms with Crippen LogP contribution in [0.1, 0.15) is 5.56 Å². The van der Waals surface area contributed by atoms with E-state index in [0.717, 1.165) is 21.9 Å². The Morgan fingerprint density at radius 1 is 1.00 bits per heavy atom. The van der Waals surface area contributed by atoms with Crippen LogP contribution in [0, 0.1) is 12.7 Å². The molecule has 4 rings (SSSR count). The van der Waals surface area contributed by atoms with E-state index in [1.807, 2.05) is 19.1 Å². The number of carbonyl (C=O) groups is 1. The van der Waals surface area contributed by atoms with E-state index in [0.29, 0.717) is 11.3 Å². The van der Waals surface area contributed by atoms with Crippen molar-refractivity contribution >= 4 is 34.4 Å². The number of benzene rings is 2. The first-order valence-corrected chi connectivity index (χ1v) is 11.0. The second-order valence-corrected chi connectivity index (χ2v) is 8.43. The van der Waals surface area contributed by atoms with Crippen molar-refractivity contribution < 1.29 is 9.18 Å². The van der Waals surface area contributed by atoms with Crippen molar-refractivity contribution in [1.29, 1.82) is 0 Å². The van der Waals surface area contributed by atoms with Crippen LogP contribution in [0.25, 0.3) is 22.4 Å². The molecular formula is C23H20FN5O3S. The standard InChI is InChI=1S/C23H20FN5O3S/c1-13-4-10-16(11-5-13)25-17(30)12-33-21-18-20(28(2)23(32)29(3)22(18)31)26-19(27-21)14-6-8-15(24)9-7-14/h4-11H,12H2,1-3H3,(H,25,30). The van der Waals surface area contributed by atoms with Crippen LogP contribution in [0.3, 0.4) is 0 Å². The van der Waals surface area contributed by atoms with Crippen LogP contribution in [0.5, 0.6) is 0 Å². The third-order valence-electron chi connectivity index (χ3n) is 5.04. The van der Waals surface area contributed by atoms with Crippen molar-refractivity contribution in [3.8, 4) is 11.4 Å². The number of hydrogen-bond acceptors (Lipinski definition) is 6. The van der Waals surface area contributed by atoms with Gasteiger partial charge in [-0.1, -0.05) is 29.5 Å². The predicted molar refractivity (Wildman–Crippen MR) is 126 cm³/mol. The minimum atomic E-state index is -0.555. The van der Waals surface area contributed by atoms with Crippen LogP contribution in [0.15, 0.2) is 63.1 Å². The van der Waals surface area contributed by atoms with Gasteiger partial charge in [-0.3, -0.25) is 18.7 Å². The second kappa shape index (κ2) is 8.99. The lowest BCUT2D eigenvalue weighted by atomic mass is 10.2. The van der Waals surface area contributed by atoms with Gasteiger partial charge in [-0.05, 0) is 43.3 Å². The van der Waals surface area contributed by atoms with E-state index in [1.54, 1.807) is 12.1 Å². The molecule has 8 nitrogen and oxygen atoms in total. The average molecular weight is 466 g/mol. The minimum Gasteiger partial charge on any atom is -0.325 e. The first-order valence-electron chi connectivity index (χ1n) is 9.97. The molecule has 4 aromatic rings. The van der Waals surface area contributed by atoms with Gasteiger partial charge in [-0.25, -0.2) is 19.2 Å². The van der Waals surface area contributed by atoms with E-state index >= 15 is 0 Å². The number of fused-ring (bicyclic) bond motifs is 1. The number of nitrogens with zero attached hydrogens (tertiary/aromatic N) is 4. The molecule has 0 radical (unpaired) electrons. The molecule has 1 N–H and O–H groups in total. The van der Waals surface area contributed by atoms with Gasteiger partial charge in [0.2, 0.25) is 5.91 Å². The highest BCUT2D eigenvalue weighted by Gasteiger charge is 2.19. The third-order valence-corrected chi connectivity index (χ3v) is 6.02. The van der Waals surface area contributed by atoms with E-state index in [4.69, 9.17) is 0 Å². The van der Waals surface area contributed by atoms with Gasteiger partial charge in [-0.15, -0.1) is 0 Å². The molecule has 0 aliphatic heterocycles. The SMILES string of the molecule is Cc1ccc(NC(=O)CSc2nc(-c3ccc(F)cc3)nc3c2c(=O)n(C)c(=O)n3C)cc1. The molecule has 0 atom stereocenters. The van der Waals surface area contributed by atoms with Gasteiger partial charge in [0.15, 0.2) is 11.5 Å². The molecule has 0 aliphatic rings. The highest BCUT2D eigenvalue weighted by molar-refractivity contribution is 8.00. The minimum absolute atomic E-state index is 0.0190. The lowest BCUT2D eigenvalue weighted by Gasteiger charge is -2.12. The Bertz CT molecular complexity index is 1480. The Morgan fingerprint density at radius 3 is 2.33 bits per heavy atom. The lowest BCUT2D eigenvalue weighted by Crippen LogP contribution is -2.37. The second-order valence-electron chi connectivity index (χ2n) is 7.47. The number of anilines is 1. The topological polar surface area (TPSA) is 98.9 Å². The molecule has 33 heavy (non-hydrogen) atoms. The maximum Gasteiger partial charge on any atom is 0.332 e. The van der Waals surface area contributed by atoms with Crippen LogP contribution in [0.4, 0.5) is 10.1 Å². The fraction of sp³-hybridized carbons (Fsp3) is 0.174. The van der Waals surface area contributed by atoms with Gasteiger partial charge < -0.3 is 5.32 Å². The Labute approximate surface area is 192 Å². The molecule has 2 aromatic heterocycles. The summed E-state index contributed by atoms with van der Waals surface area (Å²) in [6.45, 7) is 1.95. The summed E-state index contributed by atoms with van der Waals surface area (Å²) in [5.41, 5.74) is 1.29. The molecular weight excluding hydrogens is 445 g/mol. The third kappa shape index (κ3) is 4.56. The molecule has 0 bridgehead atoms. The molecule has 0 spiro atoms. The van der Waals surface area contributed by atoms with E-state index in [1.165, 1.54) is 42.9 Å². The Morgan fingerprint density at radius 2 is 1.67 bits per heavy atom. The number of nitrogens with one attached hydrogen (secondary N) is 1. The molecule has 168 valence electrons.